The average molecular weight is 281 g/mol. The fourth-order valence-corrected chi connectivity index (χ4v) is 2.71. The Kier molecular flexibility index (Phi) is 4.09. The van der Waals surface area contributed by atoms with Gasteiger partial charge in [-0.3, -0.25) is 9.59 Å². The van der Waals surface area contributed by atoms with E-state index < -0.39 is 0 Å². The van der Waals surface area contributed by atoms with Crippen LogP contribution in [0, 0.1) is 10.8 Å². The van der Waals surface area contributed by atoms with Crippen molar-refractivity contribution < 1.29 is 9.59 Å². The van der Waals surface area contributed by atoms with E-state index in [0.717, 1.165) is 38.8 Å². The third-order valence-corrected chi connectivity index (χ3v) is 4.48. The van der Waals surface area contributed by atoms with Crippen molar-refractivity contribution in [1.29, 1.82) is 0 Å². The summed E-state index contributed by atoms with van der Waals surface area (Å²) in [6.07, 6.45) is 3.51. The molecule has 0 spiro atoms. The summed E-state index contributed by atoms with van der Waals surface area (Å²) in [7, 11) is 0. The summed E-state index contributed by atoms with van der Waals surface area (Å²) in [6, 6.07) is 0.190. The topological polar surface area (TPSA) is 75.4 Å². The van der Waals surface area contributed by atoms with E-state index in [2.05, 4.69) is 5.32 Å². The molecule has 2 amide bonds. The molecule has 20 heavy (non-hydrogen) atoms. The molecular formula is C15H27N3O2. The highest BCUT2D eigenvalue weighted by Gasteiger charge is 2.49. The molecule has 1 aliphatic carbocycles. The molecule has 1 heterocycles. The Morgan fingerprint density at radius 1 is 1.25 bits per heavy atom. The fourth-order valence-electron chi connectivity index (χ4n) is 2.71. The molecule has 2 fully saturated rings. The van der Waals surface area contributed by atoms with Crippen LogP contribution >= 0.6 is 0 Å². The largest absolute Gasteiger partial charge is 0.353 e. The minimum absolute atomic E-state index is 0.112. The molecule has 2 rings (SSSR count). The first-order valence-electron chi connectivity index (χ1n) is 7.59. The van der Waals surface area contributed by atoms with Crippen molar-refractivity contribution in [3.63, 3.8) is 0 Å². The van der Waals surface area contributed by atoms with Gasteiger partial charge in [0.1, 0.15) is 0 Å². The number of hydrogen-bond donors (Lipinski definition) is 2. The van der Waals surface area contributed by atoms with Gasteiger partial charge in [-0.05, 0) is 25.7 Å². The van der Waals surface area contributed by atoms with Crippen molar-refractivity contribution in [2.24, 2.45) is 16.6 Å². The van der Waals surface area contributed by atoms with Crippen LogP contribution in [0.3, 0.4) is 0 Å². The van der Waals surface area contributed by atoms with E-state index in [1.165, 1.54) is 0 Å². The summed E-state index contributed by atoms with van der Waals surface area (Å²) < 4.78 is 0. The number of carbonyl (C=O) groups excluding carboxylic acids is 2. The van der Waals surface area contributed by atoms with Crippen molar-refractivity contribution in [2.45, 2.75) is 52.5 Å². The van der Waals surface area contributed by atoms with Gasteiger partial charge in [-0.15, -0.1) is 0 Å². The Labute approximate surface area is 121 Å². The lowest BCUT2D eigenvalue weighted by atomic mass is 9.93. The maximum atomic E-state index is 12.2. The van der Waals surface area contributed by atoms with E-state index in [1.807, 2.05) is 25.7 Å². The zero-order valence-electron chi connectivity index (χ0n) is 12.9. The minimum atomic E-state index is -0.326. The molecule has 5 nitrogen and oxygen atoms in total. The molecule has 5 heteroatoms. The Hall–Kier alpha value is -1.10. The monoisotopic (exact) mass is 281 g/mol. The summed E-state index contributed by atoms with van der Waals surface area (Å²) in [6.45, 7) is 7.75. The number of nitrogens with one attached hydrogen (secondary N) is 1. The molecule has 2 aliphatic rings. The Morgan fingerprint density at radius 2 is 1.80 bits per heavy atom. The molecule has 114 valence electrons. The number of piperidine rings is 1. The van der Waals surface area contributed by atoms with Crippen LogP contribution in [0.2, 0.25) is 0 Å². The maximum absolute atomic E-state index is 12.2. The van der Waals surface area contributed by atoms with Gasteiger partial charge in [-0.25, -0.2) is 0 Å². The summed E-state index contributed by atoms with van der Waals surface area (Å²) in [4.78, 5) is 26.2. The van der Waals surface area contributed by atoms with Crippen LogP contribution in [0.15, 0.2) is 0 Å². The minimum Gasteiger partial charge on any atom is -0.353 e. The van der Waals surface area contributed by atoms with Crippen LogP contribution in [-0.2, 0) is 9.59 Å². The van der Waals surface area contributed by atoms with Gasteiger partial charge in [0.25, 0.3) is 0 Å². The van der Waals surface area contributed by atoms with Gasteiger partial charge >= 0.3 is 0 Å². The molecule has 0 bridgehead atoms. The summed E-state index contributed by atoms with van der Waals surface area (Å²) in [5.41, 5.74) is 5.07. The van der Waals surface area contributed by atoms with Gasteiger partial charge < -0.3 is 16.0 Å². The molecule has 1 aliphatic heterocycles. The van der Waals surface area contributed by atoms with Gasteiger partial charge in [-0.2, -0.15) is 0 Å². The van der Waals surface area contributed by atoms with Crippen LogP contribution in [0.5, 0.6) is 0 Å². The van der Waals surface area contributed by atoms with Gasteiger partial charge in [0.05, 0.1) is 5.41 Å². The lowest BCUT2D eigenvalue weighted by Crippen LogP contribution is -2.51. The maximum Gasteiger partial charge on any atom is 0.227 e. The predicted octanol–water partition coefficient (Wildman–Crippen LogP) is 0.879. The first-order chi connectivity index (χ1) is 9.28. The molecule has 1 saturated carbocycles. The SMILES string of the molecule is CC(C)(C)C(=O)N1CCC(NC(=O)C2(CN)CC2)CC1. The molecular weight excluding hydrogens is 254 g/mol. The lowest BCUT2D eigenvalue weighted by molar-refractivity contribution is -0.140. The van der Waals surface area contributed by atoms with Crippen LogP contribution in [0.25, 0.3) is 0 Å². The predicted molar refractivity (Wildman–Crippen MR) is 77.9 cm³/mol. The van der Waals surface area contributed by atoms with Crippen molar-refractivity contribution in [3.05, 3.63) is 0 Å². The molecule has 0 aromatic rings. The lowest BCUT2D eigenvalue weighted by Gasteiger charge is -2.36. The van der Waals surface area contributed by atoms with Crippen molar-refractivity contribution in [2.75, 3.05) is 19.6 Å². The number of amides is 2. The number of rotatable bonds is 3. The Balaban J connectivity index is 1.80. The molecule has 0 aromatic heterocycles. The first-order valence-corrected chi connectivity index (χ1v) is 7.59. The van der Waals surface area contributed by atoms with Gasteiger partial charge in [-0.1, -0.05) is 20.8 Å². The average Bonchev–Trinajstić information content (AvgIpc) is 3.19. The molecule has 0 atom stereocenters. The van der Waals surface area contributed by atoms with E-state index in [1.54, 1.807) is 0 Å². The van der Waals surface area contributed by atoms with Crippen LogP contribution in [-0.4, -0.2) is 42.4 Å². The summed E-state index contributed by atoms with van der Waals surface area (Å²) >= 11 is 0. The third kappa shape index (κ3) is 3.14. The van der Waals surface area contributed by atoms with E-state index in [9.17, 15) is 9.59 Å². The fraction of sp³-hybridized carbons (Fsp3) is 0.867. The number of nitrogens with two attached hydrogens (primary N) is 1. The van der Waals surface area contributed by atoms with E-state index in [4.69, 9.17) is 5.73 Å². The number of likely N-dealkylation sites (tertiary alicyclic amines) is 1. The molecule has 0 unspecified atom stereocenters. The smallest absolute Gasteiger partial charge is 0.227 e. The second-order valence-electron chi connectivity index (χ2n) is 7.27. The highest BCUT2D eigenvalue weighted by Crippen LogP contribution is 2.44. The summed E-state index contributed by atoms with van der Waals surface area (Å²) in [5, 5.41) is 3.11. The highest BCUT2D eigenvalue weighted by molar-refractivity contribution is 5.86. The standard InChI is InChI=1S/C15H27N3O2/c1-14(2,3)13(20)18-8-4-11(5-9-18)17-12(19)15(10-16)6-7-15/h11H,4-10,16H2,1-3H3,(H,17,19). The van der Waals surface area contributed by atoms with Crippen molar-refractivity contribution in [3.8, 4) is 0 Å². The molecule has 1 saturated heterocycles. The zero-order valence-corrected chi connectivity index (χ0v) is 12.9. The Morgan fingerprint density at radius 3 is 2.20 bits per heavy atom. The molecule has 0 aromatic carbocycles. The molecule has 0 radical (unpaired) electrons. The summed E-state index contributed by atoms with van der Waals surface area (Å²) in [5.74, 6) is 0.309. The van der Waals surface area contributed by atoms with Crippen LogP contribution < -0.4 is 11.1 Å². The van der Waals surface area contributed by atoms with Gasteiger partial charge in [0.2, 0.25) is 11.8 Å². The second kappa shape index (κ2) is 5.35. The van der Waals surface area contributed by atoms with E-state index in [0.29, 0.717) is 6.54 Å². The van der Waals surface area contributed by atoms with Crippen molar-refractivity contribution >= 4 is 11.8 Å². The Bertz CT molecular complexity index is 388. The molecule has 3 N–H and O–H groups in total. The van der Waals surface area contributed by atoms with Gasteiger partial charge in [0, 0.05) is 31.1 Å². The zero-order chi connectivity index (χ0) is 15.0. The number of nitrogens with zero attached hydrogens (tertiary/aromatic N) is 1. The quantitative estimate of drug-likeness (QED) is 0.806. The normalized spacial score (nSPS) is 22.5. The van der Waals surface area contributed by atoms with Crippen LogP contribution in [0.4, 0.5) is 0 Å². The second-order valence-corrected chi connectivity index (χ2v) is 7.27. The van der Waals surface area contributed by atoms with Crippen LogP contribution in [0.1, 0.15) is 46.5 Å². The van der Waals surface area contributed by atoms with Crippen molar-refractivity contribution in [1.82, 2.24) is 10.2 Å². The van der Waals surface area contributed by atoms with E-state index >= 15 is 0 Å². The van der Waals surface area contributed by atoms with E-state index in [-0.39, 0.29) is 28.7 Å². The number of carbonyl (C=O) groups is 2. The number of hydrogen-bond acceptors (Lipinski definition) is 3. The highest BCUT2D eigenvalue weighted by atomic mass is 16.2. The van der Waals surface area contributed by atoms with Gasteiger partial charge in [0.15, 0.2) is 0 Å². The third-order valence-electron chi connectivity index (χ3n) is 4.48. The first kappa shape index (κ1) is 15.3.